The molecule has 128 valence electrons. The van der Waals surface area contributed by atoms with Gasteiger partial charge in [-0.2, -0.15) is 13.2 Å². The molecule has 1 aromatic rings. The fraction of sp³-hybridized carbons (Fsp3) is 0.500. The van der Waals surface area contributed by atoms with Crippen LogP contribution in [0, 0.1) is 5.92 Å². The lowest BCUT2D eigenvalue weighted by Gasteiger charge is -2.28. The van der Waals surface area contributed by atoms with Gasteiger partial charge in [0, 0.05) is 6.04 Å². The second-order valence-corrected chi connectivity index (χ2v) is 6.09. The molecule has 0 aromatic heterocycles. The number of carbonyl (C=O) groups is 2. The van der Waals surface area contributed by atoms with Crippen LogP contribution in [-0.4, -0.2) is 23.0 Å². The Hall–Kier alpha value is -2.05. The maximum Gasteiger partial charge on any atom is 0.416 e. The highest BCUT2D eigenvalue weighted by atomic mass is 19.4. The molecule has 0 saturated carbocycles. The Morgan fingerprint density at radius 2 is 1.65 bits per heavy atom. The Balaban J connectivity index is 3.02. The van der Waals surface area contributed by atoms with Crippen LogP contribution in [0.25, 0.3) is 0 Å². The summed E-state index contributed by atoms with van der Waals surface area (Å²) < 4.78 is 38.4. The van der Waals surface area contributed by atoms with E-state index in [-0.39, 0.29) is 5.56 Å². The van der Waals surface area contributed by atoms with Crippen molar-refractivity contribution in [2.45, 2.75) is 45.3 Å². The van der Waals surface area contributed by atoms with Crippen molar-refractivity contribution in [2.75, 3.05) is 0 Å². The molecule has 2 unspecified atom stereocenters. The molecule has 1 rings (SSSR count). The Morgan fingerprint density at radius 1 is 1.13 bits per heavy atom. The van der Waals surface area contributed by atoms with E-state index in [0.717, 1.165) is 12.1 Å². The first-order chi connectivity index (χ1) is 10.4. The van der Waals surface area contributed by atoms with E-state index in [1.165, 1.54) is 32.9 Å². The topological polar surface area (TPSA) is 66.4 Å². The first-order valence-electron chi connectivity index (χ1n) is 7.09. The summed E-state index contributed by atoms with van der Waals surface area (Å²) in [6.45, 7) is 5.98. The van der Waals surface area contributed by atoms with Gasteiger partial charge in [0.1, 0.15) is 0 Å². The minimum absolute atomic E-state index is 0.208. The average molecular weight is 331 g/mol. The van der Waals surface area contributed by atoms with Gasteiger partial charge in [-0.25, -0.2) is 0 Å². The fourth-order valence-electron chi connectivity index (χ4n) is 1.94. The van der Waals surface area contributed by atoms with Gasteiger partial charge in [0.25, 0.3) is 0 Å². The number of aliphatic carboxylic acids is 1. The van der Waals surface area contributed by atoms with Gasteiger partial charge in [0.05, 0.1) is 16.9 Å². The van der Waals surface area contributed by atoms with Crippen molar-refractivity contribution in [1.29, 1.82) is 0 Å². The lowest BCUT2D eigenvalue weighted by Crippen LogP contribution is -2.47. The minimum Gasteiger partial charge on any atom is -0.481 e. The first-order valence-corrected chi connectivity index (χ1v) is 7.09. The first kappa shape index (κ1) is 19.0. The Kier molecular flexibility index (Phi) is 5.45. The Bertz CT molecular complexity index is 596. The van der Waals surface area contributed by atoms with Gasteiger partial charge in [0.15, 0.2) is 0 Å². The molecule has 0 spiro atoms. The summed E-state index contributed by atoms with van der Waals surface area (Å²) in [6.07, 6.45) is -4.49. The summed E-state index contributed by atoms with van der Waals surface area (Å²) in [7, 11) is 0. The number of halogens is 3. The van der Waals surface area contributed by atoms with Crippen molar-refractivity contribution in [3.8, 4) is 0 Å². The molecule has 0 aliphatic heterocycles. The molecule has 2 atom stereocenters. The van der Waals surface area contributed by atoms with Crippen LogP contribution in [0.2, 0.25) is 0 Å². The second kappa shape index (κ2) is 6.60. The van der Waals surface area contributed by atoms with Crippen molar-refractivity contribution in [3.05, 3.63) is 35.4 Å². The molecule has 1 amide bonds. The SMILES string of the molecule is CC(NC(=O)C(C)(C)c1cccc(C(F)(F)F)c1)C(C)C(=O)O. The zero-order valence-electron chi connectivity index (χ0n) is 13.4. The van der Waals surface area contributed by atoms with Crippen molar-refractivity contribution in [1.82, 2.24) is 5.32 Å². The maximum atomic E-state index is 12.8. The lowest BCUT2D eigenvalue weighted by molar-refractivity contribution is -0.142. The maximum absolute atomic E-state index is 12.8. The molecule has 23 heavy (non-hydrogen) atoms. The van der Waals surface area contributed by atoms with Crippen LogP contribution in [-0.2, 0) is 21.2 Å². The molecule has 0 fully saturated rings. The number of benzene rings is 1. The fourth-order valence-corrected chi connectivity index (χ4v) is 1.94. The van der Waals surface area contributed by atoms with Crippen molar-refractivity contribution in [2.24, 2.45) is 5.92 Å². The molecule has 0 radical (unpaired) electrons. The smallest absolute Gasteiger partial charge is 0.416 e. The van der Waals surface area contributed by atoms with Crippen LogP contribution in [0.5, 0.6) is 0 Å². The van der Waals surface area contributed by atoms with Crippen LogP contribution in [0.4, 0.5) is 13.2 Å². The molecular weight excluding hydrogens is 311 g/mol. The van der Waals surface area contributed by atoms with Crippen LogP contribution in [0.15, 0.2) is 24.3 Å². The third-order valence-corrected chi connectivity index (χ3v) is 3.98. The molecule has 0 saturated heterocycles. The number of rotatable bonds is 5. The number of nitrogens with one attached hydrogen (secondary N) is 1. The molecule has 4 nitrogen and oxygen atoms in total. The van der Waals surface area contributed by atoms with E-state index in [4.69, 9.17) is 5.11 Å². The van der Waals surface area contributed by atoms with E-state index in [0.29, 0.717) is 0 Å². The van der Waals surface area contributed by atoms with Gasteiger partial charge in [-0.05, 0) is 39.3 Å². The highest BCUT2D eigenvalue weighted by Crippen LogP contribution is 2.33. The van der Waals surface area contributed by atoms with Gasteiger partial charge < -0.3 is 10.4 Å². The number of hydrogen-bond acceptors (Lipinski definition) is 2. The van der Waals surface area contributed by atoms with Gasteiger partial charge in [-0.3, -0.25) is 9.59 Å². The van der Waals surface area contributed by atoms with Gasteiger partial charge in [0.2, 0.25) is 5.91 Å². The van der Waals surface area contributed by atoms with E-state index in [1.807, 2.05) is 0 Å². The summed E-state index contributed by atoms with van der Waals surface area (Å²) >= 11 is 0. The standard InChI is InChI=1S/C16H20F3NO3/c1-9(13(21)22)10(2)20-14(23)15(3,4)11-6-5-7-12(8-11)16(17,18)19/h5-10H,1-4H3,(H,20,23)(H,21,22). The zero-order valence-corrected chi connectivity index (χ0v) is 13.4. The molecule has 0 bridgehead atoms. The number of alkyl halides is 3. The van der Waals surface area contributed by atoms with E-state index in [9.17, 15) is 22.8 Å². The average Bonchev–Trinajstić information content (AvgIpc) is 2.45. The van der Waals surface area contributed by atoms with Crippen LogP contribution >= 0.6 is 0 Å². The van der Waals surface area contributed by atoms with Crippen molar-refractivity contribution < 1.29 is 27.9 Å². The van der Waals surface area contributed by atoms with Gasteiger partial charge >= 0.3 is 12.1 Å². The van der Waals surface area contributed by atoms with Crippen LogP contribution in [0.3, 0.4) is 0 Å². The predicted molar refractivity (Wildman–Crippen MR) is 78.9 cm³/mol. The number of amides is 1. The molecule has 0 heterocycles. The molecular formula is C16H20F3NO3. The van der Waals surface area contributed by atoms with E-state index >= 15 is 0 Å². The van der Waals surface area contributed by atoms with E-state index in [1.54, 1.807) is 6.92 Å². The van der Waals surface area contributed by atoms with Crippen LogP contribution in [0.1, 0.15) is 38.8 Å². The number of carbonyl (C=O) groups excluding carboxylic acids is 1. The number of carboxylic acids is 1. The normalized spacial score (nSPS) is 14.9. The largest absolute Gasteiger partial charge is 0.481 e. The quantitative estimate of drug-likeness (QED) is 0.871. The highest BCUT2D eigenvalue weighted by molar-refractivity contribution is 5.88. The Labute approximate surface area is 132 Å². The van der Waals surface area contributed by atoms with Gasteiger partial charge in [-0.15, -0.1) is 0 Å². The summed E-state index contributed by atoms with van der Waals surface area (Å²) in [5, 5.41) is 11.5. The highest BCUT2D eigenvalue weighted by Gasteiger charge is 2.36. The monoisotopic (exact) mass is 331 g/mol. The summed E-state index contributed by atoms with van der Waals surface area (Å²) in [4.78, 5) is 23.3. The molecule has 7 heteroatoms. The van der Waals surface area contributed by atoms with E-state index < -0.39 is 41.0 Å². The van der Waals surface area contributed by atoms with Crippen molar-refractivity contribution in [3.63, 3.8) is 0 Å². The van der Waals surface area contributed by atoms with Crippen molar-refractivity contribution >= 4 is 11.9 Å². The molecule has 0 aliphatic carbocycles. The third-order valence-electron chi connectivity index (χ3n) is 3.98. The minimum atomic E-state index is -4.49. The van der Waals surface area contributed by atoms with E-state index in [2.05, 4.69) is 5.32 Å². The third kappa shape index (κ3) is 4.46. The number of hydrogen-bond donors (Lipinski definition) is 2. The summed E-state index contributed by atoms with van der Waals surface area (Å²) in [6, 6.07) is 3.92. The molecule has 0 aliphatic rings. The summed E-state index contributed by atoms with van der Waals surface area (Å²) in [5.41, 5.74) is -1.85. The molecule has 2 N–H and O–H groups in total. The summed E-state index contributed by atoms with van der Waals surface area (Å²) in [5.74, 6) is -2.40. The Morgan fingerprint density at radius 3 is 2.13 bits per heavy atom. The lowest BCUT2D eigenvalue weighted by atomic mass is 9.82. The second-order valence-electron chi connectivity index (χ2n) is 6.09. The zero-order chi connectivity index (χ0) is 18.0. The predicted octanol–water partition coefficient (Wildman–Crippen LogP) is 3.21. The van der Waals surface area contributed by atoms with Gasteiger partial charge in [-0.1, -0.05) is 18.2 Å². The number of carboxylic acid groups (broad SMARTS) is 1. The van der Waals surface area contributed by atoms with Crippen LogP contribution < -0.4 is 5.32 Å². The molecule has 1 aromatic carbocycles.